The van der Waals surface area contributed by atoms with Crippen LogP contribution in [0.25, 0.3) is 0 Å². The number of nitrogens with one attached hydrogen (secondary N) is 1. The van der Waals surface area contributed by atoms with Gasteiger partial charge in [0.15, 0.2) is 0 Å². The van der Waals surface area contributed by atoms with Crippen molar-refractivity contribution in [3.63, 3.8) is 0 Å². The number of halogens is 1. The Bertz CT molecular complexity index is 478. The number of nitrogens with zero attached hydrogens (tertiary/aromatic N) is 1. The third-order valence-corrected chi connectivity index (χ3v) is 2.79. The van der Waals surface area contributed by atoms with E-state index in [9.17, 15) is 14.0 Å². The minimum Gasteiger partial charge on any atom is -0.481 e. The third kappa shape index (κ3) is 2.65. The van der Waals surface area contributed by atoms with Gasteiger partial charge in [-0.05, 0) is 18.2 Å². The Hall–Kier alpha value is -1.95. The Morgan fingerprint density at radius 1 is 1.56 bits per heavy atom. The molecule has 96 valence electrons. The highest BCUT2D eigenvalue weighted by Gasteiger charge is 2.30. The molecule has 1 aliphatic rings. The highest BCUT2D eigenvalue weighted by molar-refractivity contribution is 5.99. The molecule has 0 bridgehead atoms. The van der Waals surface area contributed by atoms with Gasteiger partial charge in [-0.15, -0.1) is 0 Å². The van der Waals surface area contributed by atoms with Crippen molar-refractivity contribution in [1.82, 2.24) is 5.32 Å². The van der Waals surface area contributed by atoms with Gasteiger partial charge in [-0.1, -0.05) is 6.07 Å². The van der Waals surface area contributed by atoms with Crippen molar-refractivity contribution in [1.29, 1.82) is 0 Å². The number of carboxylic acids is 1. The lowest BCUT2D eigenvalue weighted by Gasteiger charge is -2.32. The number of amides is 1. The molecular weight excluding hydrogens is 239 g/mol. The molecule has 1 aromatic rings. The fourth-order valence-corrected chi connectivity index (χ4v) is 1.97. The normalized spacial score (nSPS) is 19.9. The second kappa shape index (κ2) is 5.14. The molecule has 1 aliphatic heterocycles. The van der Waals surface area contributed by atoms with Gasteiger partial charge in [0.25, 0.3) is 0 Å². The lowest BCUT2D eigenvalue weighted by Crippen LogP contribution is -2.55. The molecular formula is C12H13FN2O3. The van der Waals surface area contributed by atoms with Crippen LogP contribution in [0, 0.1) is 5.82 Å². The van der Waals surface area contributed by atoms with Crippen molar-refractivity contribution in [3.8, 4) is 0 Å². The van der Waals surface area contributed by atoms with Crippen LogP contribution in [0.5, 0.6) is 0 Å². The van der Waals surface area contributed by atoms with Crippen LogP contribution in [0.3, 0.4) is 0 Å². The summed E-state index contributed by atoms with van der Waals surface area (Å²) in [5.74, 6) is -1.80. The van der Waals surface area contributed by atoms with Crippen LogP contribution < -0.4 is 10.2 Å². The Labute approximate surface area is 103 Å². The monoisotopic (exact) mass is 252 g/mol. The average Bonchev–Trinajstić information content (AvgIpc) is 2.31. The van der Waals surface area contributed by atoms with Gasteiger partial charge >= 0.3 is 5.97 Å². The van der Waals surface area contributed by atoms with Gasteiger partial charge in [0.05, 0.1) is 12.5 Å². The Balaban J connectivity index is 2.18. The van der Waals surface area contributed by atoms with Gasteiger partial charge in [0.2, 0.25) is 5.91 Å². The molecule has 6 heteroatoms. The van der Waals surface area contributed by atoms with Crippen LogP contribution >= 0.6 is 0 Å². The molecule has 1 fully saturated rings. The second-order valence-corrected chi connectivity index (χ2v) is 4.07. The molecule has 1 atom stereocenters. The molecule has 1 heterocycles. The van der Waals surface area contributed by atoms with Gasteiger partial charge in [-0.2, -0.15) is 0 Å². The van der Waals surface area contributed by atoms with Crippen LogP contribution in [0.2, 0.25) is 0 Å². The molecule has 1 saturated heterocycles. The Kier molecular flexibility index (Phi) is 3.57. The first-order valence-corrected chi connectivity index (χ1v) is 5.60. The van der Waals surface area contributed by atoms with Gasteiger partial charge in [-0.25, -0.2) is 4.39 Å². The van der Waals surface area contributed by atoms with Crippen molar-refractivity contribution >= 4 is 17.6 Å². The van der Waals surface area contributed by atoms with E-state index in [2.05, 4.69) is 5.32 Å². The fraction of sp³-hybridized carbons (Fsp3) is 0.333. The SMILES string of the molecule is O=C(O)CC1NCCN(c2cccc(F)c2)C1=O. The largest absolute Gasteiger partial charge is 0.481 e. The van der Waals surface area contributed by atoms with Crippen LogP contribution in [-0.2, 0) is 9.59 Å². The number of carboxylic acid groups (broad SMARTS) is 1. The summed E-state index contributed by atoms with van der Waals surface area (Å²) in [5, 5.41) is 11.6. The smallest absolute Gasteiger partial charge is 0.305 e. The lowest BCUT2D eigenvalue weighted by atomic mass is 10.1. The average molecular weight is 252 g/mol. The molecule has 0 radical (unpaired) electrons. The predicted octanol–water partition coefficient (Wildman–Crippen LogP) is 0.605. The number of anilines is 1. The van der Waals surface area contributed by atoms with Crippen molar-refractivity contribution in [2.75, 3.05) is 18.0 Å². The molecule has 5 nitrogen and oxygen atoms in total. The summed E-state index contributed by atoms with van der Waals surface area (Å²) in [4.78, 5) is 24.1. The molecule has 0 saturated carbocycles. The molecule has 1 amide bonds. The van der Waals surface area contributed by atoms with E-state index in [1.807, 2.05) is 0 Å². The van der Waals surface area contributed by atoms with E-state index >= 15 is 0 Å². The third-order valence-electron chi connectivity index (χ3n) is 2.79. The minimum absolute atomic E-state index is 0.273. The highest BCUT2D eigenvalue weighted by atomic mass is 19.1. The number of benzene rings is 1. The topological polar surface area (TPSA) is 69.6 Å². The zero-order chi connectivity index (χ0) is 13.1. The van der Waals surface area contributed by atoms with Gasteiger partial charge < -0.3 is 15.3 Å². The summed E-state index contributed by atoms with van der Waals surface area (Å²) >= 11 is 0. The molecule has 18 heavy (non-hydrogen) atoms. The molecule has 0 spiro atoms. The lowest BCUT2D eigenvalue weighted by molar-refractivity contribution is -0.139. The summed E-state index contributed by atoms with van der Waals surface area (Å²) in [6, 6.07) is 4.96. The maximum Gasteiger partial charge on any atom is 0.305 e. The number of aliphatic carboxylic acids is 1. The van der Waals surface area contributed by atoms with E-state index in [-0.39, 0.29) is 12.3 Å². The summed E-state index contributed by atoms with van der Waals surface area (Å²) in [5.41, 5.74) is 0.455. The van der Waals surface area contributed by atoms with Crippen LogP contribution in [-0.4, -0.2) is 36.1 Å². The number of piperazine rings is 1. The second-order valence-electron chi connectivity index (χ2n) is 4.07. The van der Waals surface area contributed by atoms with Crippen molar-refractivity contribution in [3.05, 3.63) is 30.1 Å². The standard InChI is InChI=1S/C12H13FN2O3/c13-8-2-1-3-9(6-8)15-5-4-14-10(12(15)18)7-11(16)17/h1-3,6,10,14H,4-5,7H2,(H,16,17). The van der Waals surface area contributed by atoms with E-state index in [0.717, 1.165) is 0 Å². The van der Waals surface area contributed by atoms with Crippen molar-refractivity contribution in [2.24, 2.45) is 0 Å². The number of rotatable bonds is 3. The first kappa shape index (κ1) is 12.5. The zero-order valence-corrected chi connectivity index (χ0v) is 9.60. The first-order chi connectivity index (χ1) is 8.58. The summed E-state index contributed by atoms with van der Waals surface area (Å²) in [6.45, 7) is 0.888. The van der Waals surface area contributed by atoms with Gasteiger partial charge in [0, 0.05) is 18.8 Å². The molecule has 2 rings (SSSR count). The highest BCUT2D eigenvalue weighted by Crippen LogP contribution is 2.18. The van der Waals surface area contributed by atoms with Crippen LogP contribution in [0.1, 0.15) is 6.42 Å². The fourth-order valence-electron chi connectivity index (χ4n) is 1.97. The number of hydrogen-bond donors (Lipinski definition) is 2. The Morgan fingerprint density at radius 3 is 3.00 bits per heavy atom. The quantitative estimate of drug-likeness (QED) is 0.826. The number of carbonyl (C=O) groups excluding carboxylic acids is 1. The van der Waals surface area contributed by atoms with Crippen molar-refractivity contribution < 1.29 is 19.1 Å². The first-order valence-electron chi connectivity index (χ1n) is 5.60. The van der Waals surface area contributed by atoms with Crippen LogP contribution in [0.4, 0.5) is 10.1 Å². The van der Waals surface area contributed by atoms with E-state index < -0.39 is 17.8 Å². The molecule has 1 aromatic carbocycles. The zero-order valence-electron chi connectivity index (χ0n) is 9.60. The van der Waals surface area contributed by atoms with E-state index in [1.165, 1.54) is 23.1 Å². The molecule has 0 aromatic heterocycles. The van der Waals surface area contributed by atoms with E-state index in [0.29, 0.717) is 18.8 Å². The number of carbonyl (C=O) groups is 2. The molecule has 1 unspecified atom stereocenters. The van der Waals surface area contributed by atoms with Crippen molar-refractivity contribution in [2.45, 2.75) is 12.5 Å². The predicted molar refractivity (Wildman–Crippen MR) is 62.8 cm³/mol. The Morgan fingerprint density at radius 2 is 2.33 bits per heavy atom. The minimum atomic E-state index is -1.04. The van der Waals surface area contributed by atoms with Gasteiger partial charge in [-0.3, -0.25) is 9.59 Å². The summed E-state index contributed by atoms with van der Waals surface area (Å²) in [6.07, 6.45) is -0.273. The number of hydrogen-bond acceptors (Lipinski definition) is 3. The van der Waals surface area contributed by atoms with E-state index in [1.54, 1.807) is 6.07 Å². The van der Waals surface area contributed by atoms with Gasteiger partial charge in [0.1, 0.15) is 5.82 Å². The van der Waals surface area contributed by atoms with Crippen LogP contribution in [0.15, 0.2) is 24.3 Å². The maximum absolute atomic E-state index is 13.1. The maximum atomic E-state index is 13.1. The molecule has 0 aliphatic carbocycles. The summed E-state index contributed by atoms with van der Waals surface area (Å²) in [7, 11) is 0. The molecule has 2 N–H and O–H groups in total. The summed E-state index contributed by atoms with van der Waals surface area (Å²) < 4.78 is 13.1. The van der Waals surface area contributed by atoms with E-state index in [4.69, 9.17) is 5.11 Å².